The lowest BCUT2D eigenvalue weighted by Crippen LogP contribution is -2.54. The van der Waals surface area contributed by atoms with Crippen molar-refractivity contribution < 1.29 is 14.4 Å². The van der Waals surface area contributed by atoms with Gasteiger partial charge in [0.25, 0.3) is 0 Å². The van der Waals surface area contributed by atoms with Crippen LogP contribution in [0.15, 0.2) is 48.7 Å². The molecule has 0 unspecified atom stereocenters. The molecule has 0 bridgehead atoms. The molecule has 3 aromatic rings. The van der Waals surface area contributed by atoms with Gasteiger partial charge in [0.15, 0.2) is 0 Å². The number of carbonyl (C=O) groups is 3. The van der Waals surface area contributed by atoms with Gasteiger partial charge in [-0.2, -0.15) is 0 Å². The van der Waals surface area contributed by atoms with Crippen LogP contribution in [0.4, 0.5) is 5.69 Å². The Morgan fingerprint density at radius 3 is 2.68 bits per heavy atom. The van der Waals surface area contributed by atoms with E-state index < -0.39 is 17.4 Å². The Bertz CT molecular complexity index is 1360. The summed E-state index contributed by atoms with van der Waals surface area (Å²) in [4.78, 5) is 45.9. The molecule has 174 valence electrons. The molecular formula is C27H28N4O3. The molecule has 7 nitrogen and oxygen atoms in total. The summed E-state index contributed by atoms with van der Waals surface area (Å²) >= 11 is 0. The van der Waals surface area contributed by atoms with Crippen LogP contribution in [0, 0.1) is 18.8 Å². The van der Waals surface area contributed by atoms with Gasteiger partial charge in [-0.3, -0.25) is 24.6 Å². The second-order valence-electron chi connectivity index (χ2n) is 9.93. The number of hydrogen-bond donors (Lipinski definition) is 3. The molecule has 3 aliphatic rings. The molecule has 2 saturated heterocycles. The van der Waals surface area contributed by atoms with Gasteiger partial charge in [-0.05, 0) is 44.4 Å². The summed E-state index contributed by atoms with van der Waals surface area (Å²) in [6.07, 6.45) is 3.17. The van der Waals surface area contributed by atoms with Gasteiger partial charge in [0.1, 0.15) is 5.54 Å². The van der Waals surface area contributed by atoms with Crippen LogP contribution in [0.25, 0.3) is 10.9 Å². The van der Waals surface area contributed by atoms with Crippen LogP contribution in [-0.2, 0) is 26.3 Å². The van der Waals surface area contributed by atoms with Crippen molar-refractivity contribution in [3.8, 4) is 0 Å². The van der Waals surface area contributed by atoms with E-state index in [1.807, 2.05) is 63.4 Å². The first-order valence-corrected chi connectivity index (χ1v) is 12.0. The summed E-state index contributed by atoms with van der Waals surface area (Å²) in [5.74, 6) is -2.05. The maximum Gasteiger partial charge on any atom is 0.250 e. The summed E-state index contributed by atoms with van der Waals surface area (Å²) in [5.41, 5.74) is 3.31. The number of benzene rings is 2. The normalized spacial score (nSPS) is 28.6. The van der Waals surface area contributed by atoms with E-state index in [1.54, 1.807) is 0 Å². The predicted octanol–water partition coefficient (Wildman–Crippen LogP) is 3.24. The fourth-order valence-corrected chi connectivity index (χ4v) is 6.27. The van der Waals surface area contributed by atoms with Crippen molar-refractivity contribution >= 4 is 34.3 Å². The van der Waals surface area contributed by atoms with Crippen LogP contribution in [0.5, 0.6) is 0 Å². The van der Waals surface area contributed by atoms with Gasteiger partial charge < -0.3 is 10.3 Å². The number of aromatic amines is 1. The molecule has 1 spiro atoms. The zero-order valence-electron chi connectivity index (χ0n) is 19.5. The number of anilines is 1. The van der Waals surface area contributed by atoms with Crippen molar-refractivity contribution in [2.45, 2.75) is 51.2 Å². The second-order valence-corrected chi connectivity index (χ2v) is 9.93. The number of fused-ring (bicyclic) bond motifs is 5. The third-order valence-electron chi connectivity index (χ3n) is 8.05. The minimum Gasteiger partial charge on any atom is -0.361 e. The maximum absolute atomic E-state index is 13.8. The van der Waals surface area contributed by atoms with Crippen molar-refractivity contribution in [1.29, 1.82) is 0 Å². The van der Waals surface area contributed by atoms with E-state index >= 15 is 0 Å². The van der Waals surface area contributed by atoms with Crippen molar-refractivity contribution in [1.82, 2.24) is 15.2 Å². The SMILES string of the molecule is CC[C@@H](C)N1C(=O)[C@H]2[C@@H](C1=O)[C@]1(N[C@@H]2Cc2c[nH]c3ccccc23)C(=O)Nc2ccc(C)cc21. The number of imide groups is 1. The summed E-state index contributed by atoms with van der Waals surface area (Å²) < 4.78 is 0. The van der Waals surface area contributed by atoms with E-state index in [-0.39, 0.29) is 29.8 Å². The van der Waals surface area contributed by atoms with Gasteiger partial charge in [-0.25, -0.2) is 0 Å². The molecule has 6 rings (SSSR count). The van der Waals surface area contributed by atoms with E-state index in [1.165, 1.54) is 4.90 Å². The minimum absolute atomic E-state index is 0.174. The van der Waals surface area contributed by atoms with Gasteiger partial charge in [0.05, 0.1) is 11.8 Å². The number of amides is 3. The number of carbonyl (C=O) groups excluding carboxylic acids is 3. The molecule has 2 aromatic carbocycles. The van der Waals surface area contributed by atoms with E-state index in [2.05, 4.69) is 21.7 Å². The number of aryl methyl sites for hydroxylation is 1. The van der Waals surface area contributed by atoms with Gasteiger partial charge in [-0.1, -0.05) is 42.8 Å². The molecule has 4 heterocycles. The van der Waals surface area contributed by atoms with Gasteiger partial charge >= 0.3 is 0 Å². The zero-order valence-corrected chi connectivity index (χ0v) is 19.5. The first-order chi connectivity index (χ1) is 16.4. The van der Waals surface area contributed by atoms with Crippen LogP contribution in [0.3, 0.4) is 0 Å². The largest absolute Gasteiger partial charge is 0.361 e. The Morgan fingerprint density at radius 2 is 1.88 bits per heavy atom. The Balaban J connectivity index is 1.50. The fourth-order valence-electron chi connectivity index (χ4n) is 6.27. The van der Waals surface area contributed by atoms with E-state index in [0.29, 0.717) is 18.5 Å². The van der Waals surface area contributed by atoms with Crippen LogP contribution in [0.1, 0.15) is 37.0 Å². The molecule has 0 radical (unpaired) electrons. The number of rotatable bonds is 4. The Kier molecular flexibility index (Phi) is 4.51. The summed E-state index contributed by atoms with van der Waals surface area (Å²) in [7, 11) is 0. The van der Waals surface area contributed by atoms with Crippen LogP contribution < -0.4 is 10.6 Å². The van der Waals surface area contributed by atoms with Gasteiger partial charge in [-0.15, -0.1) is 0 Å². The molecule has 0 saturated carbocycles. The number of nitrogens with one attached hydrogen (secondary N) is 3. The van der Waals surface area contributed by atoms with Crippen molar-refractivity contribution in [2.24, 2.45) is 11.8 Å². The lowest BCUT2D eigenvalue weighted by molar-refractivity contribution is -0.145. The number of nitrogens with zero attached hydrogens (tertiary/aromatic N) is 1. The van der Waals surface area contributed by atoms with Crippen LogP contribution in [0.2, 0.25) is 0 Å². The van der Waals surface area contributed by atoms with E-state index in [0.717, 1.165) is 27.6 Å². The third-order valence-corrected chi connectivity index (χ3v) is 8.05. The molecule has 7 heteroatoms. The molecule has 3 amide bonds. The number of para-hydroxylation sites is 1. The van der Waals surface area contributed by atoms with Crippen LogP contribution in [-0.4, -0.2) is 39.7 Å². The molecule has 5 atom stereocenters. The number of H-pyrrole nitrogens is 1. The molecule has 34 heavy (non-hydrogen) atoms. The van der Waals surface area contributed by atoms with Gasteiger partial charge in [0.2, 0.25) is 17.7 Å². The number of aromatic nitrogens is 1. The first kappa shape index (κ1) is 21.1. The predicted molar refractivity (Wildman–Crippen MR) is 129 cm³/mol. The fraction of sp³-hybridized carbons (Fsp3) is 0.370. The zero-order chi connectivity index (χ0) is 23.8. The molecule has 2 fully saturated rings. The monoisotopic (exact) mass is 456 g/mol. The highest BCUT2D eigenvalue weighted by molar-refractivity contribution is 6.15. The number of hydrogen-bond acceptors (Lipinski definition) is 4. The maximum atomic E-state index is 13.8. The van der Waals surface area contributed by atoms with Crippen LogP contribution >= 0.6 is 0 Å². The Morgan fingerprint density at radius 1 is 1.09 bits per heavy atom. The van der Waals surface area contributed by atoms with Crippen molar-refractivity contribution in [3.63, 3.8) is 0 Å². The Labute approximate surface area is 197 Å². The highest BCUT2D eigenvalue weighted by Gasteiger charge is 2.70. The molecular weight excluding hydrogens is 428 g/mol. The van der Waals surface area contributed by atoms with E-state index in [9.17, 15) is 14.4 Å². The highest BCUT2D eigenvalue weighted by atomic mass is 16.2. The summed E-state index contributed by atoms with van der Waals surface area (Å²) in [5, 5.41) is 7.62. The highest BCUT2D eigenvalue weighted by Crippen LogP contribution is 2.54. The standard InChI is InChI=1S/C27H28N4O3/c1-4-15(3)31-24(32)22-21(12-16-13-28-19-8-6-5-7-17(16)19)30-27(23(22)25(31)33)18-11-14(2)9-10-20(18)29-26(27)34/h5-11,13,15,21-23,28,30H,4,12H2,1-3H3,(H,29,34)/t15-,21-,22-,23+,27+/m1/s1. The average Bonchev–Trinajstić information content (AvgIpc) is 3.53. The average molecular weight is 457 g/mol. The lowest BCUT2D eigenvalue weighted by atomic mass is 9.76. The van der Waals surface area contributed by atoms with Gasteiger partial charge in [0, 0.05) is 40.4 Å². The summed E-state index contributed by atoms with van der Waals surface area (Å²) in [6, 6.07) is 13.3. The molecule has 3 N–H and O–H groups in total. The number of likely N-dealkylation sites (tertiary alicyclic amines) is 1. The Hall–Kier alpha value is -3.45. The van der Waals surface area contributed by atoms with E-state index in [4.69, 9.17) is 0 Å². The molecule has 3 aliphatic heterocycles. The molecule has 1 aromatic heterocycles. The minimum atomic E-state index is -1.25. The second kappa shape index (κ2) is 7.27. The lowest BCUT2D eigenvalue weighted by Gasteiger charge is -2.31. The topological polar surface area (TPSA) is 94.3 Å². The molecule has 0 aliphatic carbocycles. The smallest absolute Gasteiger partial charge is 0.250 e. The first-order valence-electron chi connectivity index (χ1n) is 12.0. The van der Waals surface area contributed by atoms with Crippen molar-refractivity contribution in [3.05, 3.63) is 65.4 Å². The third kappa shape index (κ3) is 2.64. The quantitative estimate of drug-likeness (QED) is 0.526. The summed E-state index contributed by atoms with van der Waals surface area (Å²) in [6.45, 7) is 5.84. The van der Waals surface area contributed by atoms with Crippen molar-refractivity contribution in [2.75, 3.05) is 5.32 Å².